The third-order valence-electron chi connectivity index (χ3n) is 4.10. The molecule has 1 aromatic rings. The summed E-state index contributed by atoms with van der Waals surface area (Å²) in [6.45, 7) is 4.08. The van der Waals surface area contributed by atoms with Crippen LogP contribution in [0.5, 0.6) is 0 Å². The molecule has 2 saturated heterocycles. The van der Waals surface area contributed by atoms with Gasteiger partial charge in [0, 0.05) is 25.2 Å². The average molecular weight is 349 g/mol. The molecule has 0 aliphatic carbocycles. The zero-order valence-electron chi connectivity index (χ0n) is 12.1. The van der Waals surface area contributed by atoms with Crippen molar-refractivity contribution in [2.24, 2.45) is 0 Å². The van der Waals surface area contributed by atoms with Gasteiger partial charge in [-0.15, -0.1) is 0 Å². The van der Waals surface area contributed by atoms with Gasteiger partial charge in [-0.05, 0) is 31.5 Å². The van der Waals surface area contributed by atoms with Gasteiger partial charge in [0.2, 0.25) is 10.0 Å². The molecule has 1 N–H and O–H groups in total. The number of hydrogen-bond donors (Lipinski definition) is 1. The molecule has 3 rings (SSSR count). The Balaban J connectivity index is 1.73. The molecule has 2 fully saturated rings. The predicted octanol–water partition coefficient (Wildman–Crippen LogP) is 1.62. The van der Waals surface area contributed by atoms with Crippen molar-refractivity contribution in [2.75, 3.05) is 19.7 Å². The molecule has 0 spiro atoms. The van der Waals surface area contributed by atoms with Crippen molar-refractivity contribution in [3.63, 3.8) is 0 Å². The number of halogens is 2. The van der Waals surface area contributed by atoms with Crippen molar-refractivity contribution in [1.82, 2.24) is 9.62 Å². The standard InChI is InChI=1S/C14H18ClFN2O3S/c1-9-6-18-7-11(5-12(18)8-21-9)17-22(19,20)14-3-2-10(16)4-13(14)15/h2-4,9,11-12,17H,5-8H2,1H3/t9-,11+,12-/m0/s1. The van der Waals surface area contributed by atoms with E-state index in [-0.39, 0.29) is 28.1 Å². The number of sulfonamides is 1. The Kier molecular flexibility index (Phi) is 4.44. The molecule has 2 aliphatic heterocycles. The third kappa shape index (κ3) is 3.28. The monoisotopic (exact) mass is 348 g/mol. The highest BCUT2D eigenvalue weighted by Gasteiger charge is 2.38. The Hall–Kier alpha value is -0.730. The molecule has 3 atom stereocenters. The number of ether oxygens (including phenoxy) is 1. The van der Waals surface area contributed by atoms with E-state index in [0.717, 1.165) is 18.7 Å². The van der Waals surface area contributed by atoms with Crippen LogP contribution in [0.4, 0.5) is 4.39 Å². The minimum Gasteiger partial charge on any atom is -0.376 e. The van der Waals surface area contributed by atoms with Gasteiger partial charge in [-0.2, -0.15) is 0 Å². The molecule has 2 aliphatic rings. The van der Waals surface area contributed by atoms with E-state index in [4.69, 9.17) is 16.3 Å². The Bertz CT molecular complexity index is 670. The normalized spacial score (nSPS) is 29.5. The summed E-state index contributed by atoms with van der Waals surface area (Å²) in [7, 11) is -3.76. The van der Waals surface area contributed by atoms with Crippen LogP contribution < -0.4 is 4.72 Å². The summed E-state index contributed by atoms with van der Waals surface area (Å²) in [5.41, 5.74) is 0. The molecule has 0 radical (unpaired) electrons. The van der Waals surface area contributed by atoms with E-state index in [1.165, 1.54) is 6.07 Å². The van der Waals surface area contributed by atoms with Crippen LogP contribution >= 0.6 is 11.6 Å². The van der Waals surface area contributed by atoms with Crippen molar-refractivity contribution in [2.45, 2.75) is 36.4 Å². The molecule has 0 amide bonds. The fourth-order valence-corrected chi connectivity index (χ4v) is 4.87. The highest BCUT2D eigenvalue weighted by atomic mass is 35.5. The molecule has 22 heavy (non-hydrogen) atoms. The number of fused-ring (bicyclic) bond motifs is 1. The topological polar surface area (TPSA) is 58.6 Å². The molecule has 0 unspecified atom stereocenters. The quantitative estimate of drug-likeness (QED) is 0.901. The summed E-state index contributed by atoms with van der Waals surface area (Å²) in [5, 5.41) is -0.111. The van der Waals surface area contributed by atoms with Gasteiger partial charge in [-0.1, -0.05) is 11.6 Å². The van der Waals surface area contributed by atoms with E-state index in [9.17, 15) is 12.8 Å². The lowest BCUT2D eigenvalue weighted by Gasteiger charge is -2.33. The molecular formula is C14H18ClFN2O3S. The maximum Gasteiger partial charge on any atom is 0.242 e. The average Bonchev–Trinajstić information content (AvgIpc) is 2.78. The zero-order chi connectivity index (χ0) is 15.9. The second-order valence-electron chi connectivity index (χ2n) is 5.88. The van der Waals surface area contributed by atoms with E-state index in [1.54, 1.807) is 0 Å². The van der Waals surface area contributed by atoms with Gasteiger partial charge >= 0.3 is 0 Å². The van der Waals surface area contributed by atoms with Crippen LogP contribution in [0.3, 0.4) is 0 Å². The molecule has 0 saturated carbocycles. The highest BCUT2D eigenvalue weighted by molar-refractivity contribution is 7.89. The summed E-state index contributed by atoms with van der Waals surface area (Å²) < 4.78 is 46.2. The fraction of sp³-hybridized carbons (Fsp3) is 0.571. The van der Waals surface area contributed by atoms with Gasteiger partial charge in [-0.3, -0.25) is 4.90 Å². The van der Waals surface area contributed by atoms with Gasteiger partial charge in [0.25, 0.3) is 0 Å². The molecular weight excluding hydrogens is 331 g/mol. The zero-order valence-corrected chi connectivity index (χ0v) is 13.7. The number of rotatable bonds is 3. The molecule has 0 bridgehead atoms. The number of nitrogens with one attached hydrogen (secondary N) is 1. The van der Waals surface area contributed by atoms with Crippen molar-refractivity contribution in [3.8, 4) is 0 Å². The van der Waals surface area contributed by atoms with Crippen LogP contribution in [-0.4, -0.2) is 51.2 Å². The second kappa shape index (κ2) is 6.05. The van der Waals surface area contributed by atoms with Gasteiger partial charge in [0.15, 0.2) is 0 Å². The van der Waals surface area contributed by atoms with Crippen LogP contribution in [0.2, 0.25) is 5.02 Å². The molecule has 1 aromatic carbocycles. The number of morpholine rings is 1. The summed E-state index contributed by atoms with van der Waals surface area (Å²) in [6, 6.07) is 3.34. The Morgan fingerprint density at radius 3 is 2.91 bits per heavy atom. The van der Waals surface area contributed by atoms with E-state index < -0.39 is 15.8 Å². The van der Waals surface area contributed by atoms with E-state index >= 15 is 0 Å². The first kappa shape index (κ1) is 16.1. The van der Waals surface area contributed by atoms with Crippen LogP contribution in [0, 0.1) is 5.82 Å². The molecule has 122 valence electrons. The first-order valence-corrected chi connectivity index (χ1v) is 9.04. The van der Waals surface area contributed by atoms with Gasteiger partial charge < -0.3 is 4.74 Å². The van der Waals surface area contributed by atoms with Crippen molar-refractivity contribution in [1.29, 1.82) is 0 Å². The van der Waals surface area contributed by atoms with E-state index in [2.05, 4.69) is 9.62 Å². The largest absolute Gasteiger partial charge is 0.376 e. The van der Waals surface area contributed by atoms with Gasteiger partial charge in [0.05, 0.1) is 17.7 Å². The number of hydrogen-bond acceptors (Lipinski definition) is 4. The molecule has 2 heterocycles. The lowest BCUT2D eigenvalue weighted by molar-refractivity contribution is -0.0390. The summed E-state index contributed by atoms with van der Waals surface area (Å²) >= 11 is 5.85. The maximum atomic E-state index is 13.1. The van der Waals surface area contributed by atoms with E-state index in [1.807, 2.05) is 6.92 Å². The lowest BCUT2D eigenvalue weighted by Crippen LogP contribution is -2.45. The van der Waals surface area contributed by atoms with Crippen molar-refractivity contribution < 1.29 is 17.5 Å². The molecule has 0 aromatic heterocycles. The number of benzene rings is 1. The maximum absolute atomic E-state index is 13.1. The molecule has 5 nitrogen and oxygen atoms in total. The first-order valence-electron chi connectivity index (χ1n) is 7.18. The Morgan fingerprint density at radius 2 is 2.18 bits per heavy atom. The summed E-state index contributed by atoms with van der Waals surface area (Å²) in [6.07, 6.45) is 0.864. The SMILES string of the molecule is C[C@H]1CN2C[C@H](NS(=O)(=O)c3ccc(F)cc3Cl)C[C@H]2CO1. The van der Waals surface area contributed by atoms with Crippen molar-refractivity contribution in [3.05, 3.63) is 29.0 Å². The van der Waals surface area contributed by atoms with E-state index in [0.29, 0.717) is 19.6 Å². The second-order valence-corrected chi connectivity index (χ2v) is 7.97. The summed E-state index contributed by atoms with van der Waals surface area (Å²) in [5.74, 6) is -0.562. The smallest absolute Gasteiger partial charge is 0.242 e. The number of nitrogens with zero attached hydrogens (tertiary/aromatic N) is 1. The predicted molar refractivity (Wildman–Crippen MR) is 80.9 cm³/mol. The first-order chi connectivity index (χ1) is 10.3. The van der Waals surface area contributed by atoms with Crippen molar-refractivity contribution >= 4 is 21.6 Å². The van der Waals surface area contributed by atoms with Crippen LogP contribution in [0.25, 0.3) is 0 Å². The summed E-state index contributed by atoms with van der Waals surface area (Å²) in [4.78, 5) is 2.15. The Morgan fingerprint density at radius 1 is 1.41 bits per heavy atom. The minimum absolute atomic E-state index is 0.0925. The third-order valence-corrected chi connectivity index (χ3v) is 6.10. The Labute approximate surface area is 134 Å². The van der Waals surface area contributed by atoms with Crippen LogP contribution in [-0.2, 0) is 14.8 Å². The van der Waals surface area contributed by atoms with Crippen LogP contribution in [0.15, 0.2) is 23.1 Å². The lowest BCUT2D eigenvalue weighted by atomic mass is 10.2. The highest BCUT2D eigenvalue weighted by Crippen LogP contribution is 2.26. The van der Waals surface area contributed by atoms with Gasteiger partial charge in [-0.25, -0.2) is 17.5 Å². The van der Waals surface area contributed by atoms with Gasteiger partial charge in [0.1, 0.15) is 10.7 Å². The fourth-order valence-electron chi connectivity index (χ4n) is 3.10. The molecule has 8 heteroatoms. The van der Waals surface area contributed by atoms with Crippen LogP contribution in [0.1, 0.15) is 13.3 Å². The minimum atomic E-state index is -3.76.